The Kier molecular flexibility index (Phi) is 10.3. The number of allylic oxidation sites excluding steroid dienone is 1. The summed E-state index contributed by atoms with van der Waals surface area (Å²) in [5.74, 6) is -0.733. The van der Waals surface area contributed by atoms with Gasteiger partial charge in [-0.3, -0.25) is 14.4 Å². The number of likely N-dealkylation sites (N-methyl/N-ethyl adjacent to an activating group) is 1. The number of anilines is 1. The first-order valence-electron chi connectivity index (χ1n) is 13.6. The summed E-state index contributed by atoms with van der Waals surface area (Å²) >= 11 is 0. The van der Waals surface area contributed by atoms with Gasteiger partial charge in [0.2, 0.25) is 5.91 Å². The highest BCUT2D eigenvalue weighted by Gasteiger charge is 2.25. The average Bonchev–Trinajstić information content (AvgIpc) is 3.21. The number of amides is 3. The Bertz CT molecular complexity index is 1530. The lowest BCUT2D eigenvalue weighted by atomic mass is 9.96. The van der Waals surface area contributed by atoms with Crippen molar-refractivity contribution >= 4 is 34.6 Å². The smallest absolute Gasteiger partial charge is 0.410 e. The number of nitrogens with zero attached hydrogens (tertiary/aromatic N) is 5. The van der Waals surface area contributed by atoms with E-state index in [0.717, 1.165) is 5.52 Å². The largest absolute Gasteiger partial charge is 0.436 e. The van der Waals surface area contributed by atoms with E-state index in [-0.39, 0.29) is 36.4 Å². The molecular weight excluding hydrogens is 543 g/mol. The quantitative estimate of drug-likeness (QED) is 0.363. The van der Waals surface area contributed by atoms with Gasteiger partial charge in [-0.1, -0.05) is 26.8 Å². The number of hydrogen-bond donors (Lipinski definition) is 1. The summed E-state index contributed by atoms with van der Waals surface area (Å²) in [4.78, 5) is 57.8. The van der Waals surface area contributed by atoms with Crippen LogP contribution in [0, 0.1) is 11.2 Å². The number of imidazole rings is 1. The summed E-state index contributed by atoms with van der Waals surface area (Å²) in [5, 5.41) is 2.59. The van der Waals surface area contributed by atoms with Gasteiger partial charge in [0.1, 0.15) is 17.3 Å². The zero-order valence-electron chi connectivity index (χ0n) is 25.2. The Morgan fingerprint density at radius 2 is 1.83 bits per heavy atom. The van der Waals surface area contributed by atoms with E-state index in [4.69, 9.17) is 4.74 Å². The molecule has 0 spiro atoms. The molecule has 42 heavy (non-hydrogen) atoms. The molecule has 0 aliphatic heterocycles. The fraction of sp³-hybridized carbons (Fsp3) is 0.433. The zero-order valence-corrected chi connectivity index (χ0v) is 25.2. The first-order chi connectivity index (χ1) is 19.7. The minimum Gasteiger partial charge on any atom is -0.436 e. The molecule has 226 valence electrons. The molecule has 12 heteroatoms. The third kappa shape index (κ3) is 8.51. The van der Waals surface area contributed by atoms with Crippen molar-refractivity contribution in [1.82, 2.24) is 23.9 Å². The van der Waals surface area contributed by atoms with Crippen LogP contribution in [0.5, 0.6) is 0 Å². The Hall–Kier alpha value is -4.48. The van der Waals surface area contributed by atoms with Crippen LogP contribution in [0.15, 0.2) is 53.5 Å². The maximum atomic E-state index is 13.9. The number of carbonyl (C=O) groups is 3. The normalized spacial score (nSPS) is 12.4. The van der Waals surface area contributed by atoms with E-state index in [9.17, 15) is 23.6 Å². The van der Waals surface area contributed by atoms with Crippen molar-refractivity contribution in [3.05, 3.63) is 70.7 Å². The van der Waals surface area contributed by atoms with E-state index in [1.54, 1.807) is 38.5 Å². The highest BCUT2D eigenvalue weighted by atomic mass is 19.1. The van der Waals surface area contributed by atoms with Gasteiger partial charge in [0.15, 0.2) is 6.10 Å². The van der Waals surface area contributed by atoms with Gasteiger partial charge >= 0.3 is 6.09 Å². The standard InChI is InChI=1S/C30H39FN6O5/c1-30(2,3)19-37-23-15-14-20(31)17-22(23)32-25(37)18-36-16-10-11-21(28(36)40)33-27(39)24(42-29(41)35(6)7)12-8-9-13-26(38)34(4)5/h9-11,13-17,24H,8,12,18-19H2,1-7H3,(H,33,39)/b13-9+. The number of carbonyl (C=O) groups excluding carboxylic acids is 3. The molecule has 1 N–H and O–H groups in total. The van der Waals surface area contributed by atoms with Gasteiger partial charge in [0, 0.05) is 47.0 Å². The lowest BCUT2D eigenvalue weighted by molar-refractivity contribution is -0.125. The summed E-state index contributed by atoms with van der Waals surface area (Å²) < 4.78 is 22.7. The van der Waals surface area contributed by atoms with E-state index in [0.29, 0.717) is 17.9 Å². The van der Waals surface area contributed by atoms with Gasteiger partial charge in [0.05, 0.1) is 17.6 Å². The second kappa shape index (κ2) is 13.5. The minimum absolute atomic E-state index is 0.00347. The maximum absolute atomic E-state index is 13.9. The van der Waals surface area contributed by atoms with Crippen LogP contribution in [0.3, 0.4) is 0 Å². The minimum atomic E-state index is -1.21. The molecule has 2 aromatic heterocycles. The van der Waals surface area contributed by atoms with Crippen LogP contribution in [-0.2, 0) is 27.4 Å². The van der Waals surface area contributed by atoms with Crippen LogP contribution < -0.4 is 10.9 Å². The molecule has 0 radical (unpaired) electrons. The topological polar surface area (TPSA) is 119 Å². The molecule has 0 aliphatic rings. The average molecular weight is 583 g/mol. The van der Waals surface area contributed by atoms with Crippen LogP contribution in [0.1, 0.15) is 39.4 Å². The van der Waals surface area contributed by atoms with Gasteiger partial charge in [-0.2, -0.15) is 0 Å². The second-order valence-corrected chi connectivity index (χ2v) is 11.6. The van der Waals surface area contributed by atoms with Crippen LogP contribution >= 0.6 is 0 Å². The molecule has 1 aromatic carbocycles. The molecule has 3 aromatic rings. The van der Waals surface area contributed by atoms with Crippen molar-refractivity contribution in [2.45, 2.75) is 52.8 Å². The molecule has 2 heterocycles. The zero-order chi connectivity index (χ0) is 31.2. The summed E-state index contributed by atoms with van der Waals surface area (Å²) in [6, 6.07) is 7.49. The second-order valence-electron chi connectivity index (χ2n) is 11.6. The summed E-state index contributed by atoms with van der Waals surface area (Å²) in [6.07, 6.45) is 2.99. The van der Waals surface area contributed by atoms with Crippen molar-refractivity contribution in [3.8, 4) is 0 Å². The number of ether oxygens (including phenoxy) is 1. The Morgan fingerprint density at radius 3 is 2.48 bits per heavy atom. The van der Waals surface area contributed by atoms with E-state index in [2.05, 4.69) is 31.1 Å². The Balaban J connectivity index is 1.85. The van der Waals surface area contributed by atoms with Crippen molar-refractivity contribution in [1.29, 1.82) is 0 Å². The molecule has 0 fully saturated rings. The van der Waals surface area contributed by atoms with Gasteiger partial charge < -0.3 is 29.0 Å². The van der Waals surface area contributed by atoms with Crippen LogP contribution in [0.2, 0.25) is 0 Å². The Labute approximate surface area is 244 Å². The van der Waals surface area contributed by atoms with Gasteiger partial charge in [-0.15, -0.1) is 0 Å². The van der Waals surface area contributed by atoms with Crippen molar-refractivity contribution < 1.29 is 23.5 Å². The fourth-order valence-electron chi connectivity index (χ4n) is 4.10. The van der Waals surface area contributed by atoms with E-state index < -0.39 is 29.5 Å². The molecule has 1 unspecified atom stereocenters. The fourth-order valence-corrected chi connectivity index (χ4v) is 4.10. The van der Waals surface area contributed by atoms with E-state index in [1.807, 2.05) is 4.57 Å². The van der Waals surface area contributed by atoms with Crippen molar-refractivity contribution in [2.24, 2.45) is 5.41 Å². The number of halogens is 1. The molecule has 11 nitrogen and oxygen atoms in total. The summed E-state index contributed by atoms with van der Waals surface area (Å²) in [7, 11) is 6.22. The van der Waals surface area contributed by atoms with Crippen molar-refractivity contribution in [3.63, 3.8) is 0 Å². The predicted octanol–water partition coefficient (Wildman–Crippen LogP) is 3.86. The first kappa shape index (κ1) is 32.0. The molecule has 1 atom stereocenters. The SMILES string of the molecule is CN(C)C(=O)/C=C/CCC(OC(=O)N(C)C)C(=O)Nc1cccn(Cc2nc3cc(F)ccc3n2CC(C)(C)C)c1=O. The molecule has 0 aliphatic carbocycles. The molecule has 0 saturated heterocycles. The number of fused-ring (bicyclic) bond motifs is 1. The van der Waals surface area contributed by atoms with Gasteiger partial charge in [-0.05, 0) is 48.6 Å². The first-order valence-corrected chi connectivity index (χ1v) is 13.6. The molecule has 3 rings (SSSR count). The number of benzene rings is 1. The van der Waals surface area contributed by atoms with Crippen LogP contribution in [0.25, 0.3) is 11.0 Å². The monoisotopic (exact) mass is 582 g/mol. The van der Waals surface area contributed by atoms with Gasteiger partial charge in [-0.25, -0.2) is 14.2 Å². The number of nitrogens with one attached hydrogen (secondary N) is 1. The van der Waals surface area contributed by atoms with Gasteiger partial charge in [0.25, 0.3) is 11.5 Å². The lowest BCUT2D eigenvalue weighted by Gasteiger charge is -2.22. The molecule has 3 amide bonds. The van der Waals surface area contributed by atoms with Crippen LogP contribution in [0.4, 0.5) is 14.9 Å². The highest BCUT2D eigenvalue weighted by Crippen LogP contribution is 2.24. The predicted molar refractivity (Wildman–Crippen MR) is 159 cm³/mol. The van der Waals surface area contributed by atoms with Crippen molar-refractivity contribution in [2.75, 3.05) is 33.5 Å². The Morgan fingerprint density at radius 1 is 1.12 bits per heavy atom. The lowest BCUT2D eigenvalue weighted by Crippen LogP contribution is -2.37. The number of rotatable bonds is 10. The highest BCUT2D eigenvalue weighted by molar-refractivity contribution is 5.95. The number of aromatic nitrogens is 3. The van der Waals surface area contributed by atoms with E-state index in [1.165, 1.54) is 52.7 Å². The third-order valence-corrected chi connectivity index (χ3v) is 6.21. The number of hydrogen-bond acceptors (Lipinski definition) is 6. The van der Waals surface area contributed by atoms with E-state index >= 15 is 0 Å². The maximum Gasteiger partial charge on any atom is 0.410 e. The molecule has 0 saturated carbocycles. The molecular formula is C30H39FN6O5. The molecule has 0 bridgehead atoms. The van der Waals surface area contributed by atoms with Crippen LogP contribution in [-0.4, -0.2) is 76.1 Å². The summed E-state index contributed by atoms with van der Waals surface area (Å²) in [6.45, 7) is 6.89. The summed E-state index contributed by atoms with van der Waals surface area (Å²) in [5.41, 5.74) is 0.632. The number of pyridine rings is 1. The third-order valence-electron chi connectivity index (χ3n) is 6.21.